The summed E-state index contributed by atoms with van der Waals surface area (Å²) < 4.78 is 6.31. The molecule has 0 bridgehead atoms. The summed E-state index contributed by atoms with van der Waals surface area (Å²) in [5.74, 6) is 1.47. The van der Waals surface area contributed by atoms with Crippen LogP contribution in [0.2, 0.25) is 0 Å². The lowest BCUT2D eigenvalue weighted by molar-refractivity contribution is 0.416. The standard InChI is InChI=1S/C14H17BrN4O/c1-9(16)8-17-14-6-4-12(18-19-14)11-7-10(15)3-5-13(11)20-2/h3-7,9H,8,16H2,1-2H3,(H,17,19). The Labute approximate surface area is 126 Å². The molecular formula is C14H17BrN4O. The van der Waals surface area contributed by atoms with E-state index in [1.54, 1.807) is 7.11 Å². The zero-order chi connectivity index (χ0) is 14.5. The van der Waals surface area contributed by atoms with Crippen molar-refractivity contribution in [2.24, 2.45) is 5.73 Å². The molecule has 0 saturated heterocycles. The molecular weight excluding hydrogens is 320 g/mol. The summed E-state index contributed by atoms with van der Waals surface area (Å²) in [6.07, 6.45) is 0. The first kappa shape index (κ1) is 14.7. The molecule has 0 aliphatic carbocycles. The largest absolute Gasteiger partial charge is 0.496 e. The van der Waals surface area contributed by atoms with Gasteiger partial charge in [-0.25, -0.2) is 0 Å². The number of hydrogen-bond donors (Lipinski definition) is 2. The smallest absolute Gasteiger partial charge is 0.148 e. The van der Waals surface area contributed by atoms with Crippen LogP contribution in [0, 0.1) is 0 Å². The molecule has 0 aliphatic rings. The molecule has 1 aromatic carbocycles. The summed E-state index contributed by atoms with van der Waals surface area (Å²) in [6, 6.07) is 9.63. The van der Waals surface area contributed by atoms with E-state index in [0.29, 0.717) is 12.4 Å². The third-order valence-electron chi connectivity index (χ3n) is 2.71. The maximum Gasteiger partial charge on any atom is 0.148 e. The first-order valence-corrected chi connectivity index (χ1v) is 7.06. The number of rotatable bonds is 5. The second kappa shape index (κ2) is 6.67. The minimum atomic E-state index is 0.0710. The molecule has 3 N–H and O–H groups in total. The number of hydrogen-bond acceptors (Lipinski definition) is 5. The van der Waals surface area contributed by atoms with Gasteiger partial charge in [0, 0.05) is 22.6 Å². The van der Waals surface area contributed by atoms with Gasteiger partial charge in [0.1, 0.15) is 11.6 Å². The van der Waals surface area contributed by atoms with Crippen LogP contribution in [0.5, 0.6) is 5.75 Å². The van der Waals surface area contributed by atoms with Crippen molar-refractivity contribution in [1.82, 2.24) is 10.2 Å². The fourth-order valence-electron chi connectivity index (χ4n) is 1.72. The third-order valence-corrected chi connectivity index (χ3v) is 3.20. The topological polar surface area (TPSA) is 73.1 Å². The molecule has 1 unspecified atom stereocenters. The van der Waals surface area contributed by atoms with Gasteiger partial charge in [-0.05, 0) is 37.3 Å². The van der Waals surface area contributed by atoms with Crippen LogP contribution in [0.15, 0.2) is 34.8 Å². The summed E-state index contributed by atoms with van der Waals surface area (Å²) in [4.78, 5) is 0. The minimum Gasteiger partial charge on any atom is -0.496 e. The van der Waals surface area contributed by atoms with Crippen LogP contribution in [0.1, 0.15) is 6.92 Å². The van der Waals surface area contributed by atoms with Gasteiger partial charge < -0.3 is 15.8 Å². The van der Waals surface area contributed by atoms with Gasteiger partial charge in [-0.15, -0.1) is 10.2 Å². The maximum absolute atomic E-state index is 5.68. The highest BCUT2D eigenvalue weighted by Crippen LogP contribution is 2.31. The second-order valence-electron chi connectivity index (χ2n) is 4.51. The van der Waals surface area contributed by atoms with E-state index >= 15 is 0 Å². The molecule has 1 atom stereocenters. The molecule has 0 amide bonds. The lowest BCUT2D eigenvalue weighted by atomic mass is 10.1. The fourth-order valence-corrected chi connectivity index (χ4v) is 2.08. The van der Waals surface area contributed by atoms with Gasteiger partial charge in [0.05, 0.1) is 12.8 Å². The molecule has 20 heavy (non-hydrogen) atoms. The highest BCUT2D eigenvalue weighted by molar-refractivity contribution is 9.10. The van der Waals surface area contributed by atoms with E-state index < -0.39 is 0 Å². The van der Waals surface area contributed by atoms with Crippen LogP contribution in [0.25, 0.3) is 11.3 Å². The van der Waals surface area contributed by atoms with E-state index in [9.17, 15) is 0 Å². The fraction of sp³-hybridized carbons (Fsp3) is 0.286. The molecule has 0 fully saturated rings. The van der Waals surface area contributed by atoms with E-state index in [1.165, 1.54) is 0 Å². The summed E-state index contributed by atoms with van der Waals surface area (Å²) in [7, 11) is 1.64. The van der Waals surface area contributed by atoms with Crippen LogP contribution in [-0.4, -0.2) is 29.9 Å². The Bertz CT molecular complexity index is 572. The van der Waals surface area contributed by atoms with Gasteiger partial charge in [-0.3, -0.25) is 0 Å². The number of nitrogens with one attached hydrogen (secondary N) is 1. The lowest BCUT2D eigenvalue weighted by Crippen LogP contribution is -2.25. The number of aromatic nitrogens is 2. The van der Waals surface area contributed by atoms with Crippen LogP contribution in [0.3, 0.4) is 0 Å². The van der Waals surface area contributed by atoms with Crippen molar-refractivity contribution < 1.29 is 4.74 Å². The van der Waals surface area contributed by atoms with Crippen LogP contribution < -0.4 is 15.8 Å². The summed E-state index contributed by atoms with van der Waals surface area (Å²) >= 11 is 3.45. The SMILES string of the molecule is COc1ccc(Br)cc1-c1ccc(NCC(C)N)nn1. The Morgan fingerprint density at radius 1 is 1.30 bits per heavy atom. The van der Waals surface area contributed by atoms with Crippen LogP contribution in [-0.2, 0) is 0 Å². The molecule has 0 aliphatic heterocycles. The number of halogens is 1. The monoisotopic (exact) mass is 336 g/mol. The molecule has 2 aromatic rings. The van der Waals surface area contributed by atoms with Gasteiger partial charge in [0.15, 0.2) is 0 Å². The highest BCUT2D eigenvalue weighted by Gasteiger charge is 2.08. The van der Waals surface area contributed by atoms with Crippen molar-refractivity contribution >= 4 is 21.7 Å². The normalized spacial score (nSPS) is 12.0. The van der Waals surface area contributed by atoms with Crippen molar-refractivity contribution in [3.05, 3.63) is 34.8 Å². The van der Waals surface area contributed by atoms with Crippen LogP contribution >= 0.6 is 15.9 Å². The number of benzene rings is 1. The predicted octanol–water partition coefficient (Wildman–Crippen LogP) is 2.67. The van der Waals surface area contributed by atoms with E-state index in [4.69, 9.17) is 10.5 Å². The first-order chi connectivity index (χ1) is 9.60. The third kappa shape index (κ3) is 3.68. The summed E-state index contributed by atoms with van der Waals surface area (Å²) in [5.41, 5.74) is 7.34. The van der Waals surface area contributed by atoms with E-state index in [1.807, 2.05) is 37.3 Å². The molecule has 5 nitrogen and oxygen atoms in total. The zero-order valence-electron chi connectivity index (χ0n) is 11.4. The first-order valence-electron chi connectivity index (χ1n) is 6.27. The Hall–Kier alpha value is -1.66. The van der Waals surface area contributed by atoms with Crippen molar-refractivity contribution in [1.29, 1.82) is 0 Å². The molecule has 2 rings (SSSR count). The molecule has 106 valence electrons. The second-order valence-corrected chi connectivity index (χ2v) is 5.42. The van der Waals surface area contributed by atoms with Gasteiger partial charge >= 0.3 is 0 Å². The minimum absolute atomic E-state index is 0.0710. The molecule has 1 aromatic heterocycles. The molecule has 0 radical (unpaired) electrons. The van der Waals surface area contributed by atoms with Crippen molar-refractivity contribution in [2.75, 3.05) is 19.0 Å². The molecule has 0 saturated carbocycles. The summed E-state index contributed by atoms with van der Waals surface area (Å²) in [6.45, 7) is 2.59. The predicted molar refractivity (Wildman–Crippen MR) is 83.9 cm³/mol. The van der Waals surface area contributed by atoms with Gasteiger partial charge in [0.25, 0.3) is 0 Å². The number of methoxy groups -OCH3 is 1. The Morgan fingerprint density at radius 3 is 2.70 bits per heavy atom. The van der Waals surface area contributed by atoms with Crippen molar-refractivity contribution in [3.8, 4) is 17.0 Å². The van der Waals surface area contributed by atoms with Crippen molar-refractivity contribution in [2.45, 2.75) is 13.0 Å². The summed E-state index contributed by atoms with van der Waals surface area (Å²) in [5, 5.41) is 11.5. The molecule has 0 spiro atoms. The average molecular weight is 337 g/mol. The Morgan fingerprint density at radius 2 is 2.10 bits per heavy atom. The molecule has 1 heterocycles. The maximum atomic E-state index is 5.68. The average Bonchev–Trinajstić information content (AvgIpc) is 2.45. The van der Waals surface area contributed by atoms with Gasteiger partial charge in [0.2, 0.25) is 0 Å². The van der Waals surface area contributed by atoms with Crippen LogP contribution in [0.4, 0.5) is 5.82 Å². The van der Waals surface area contributed by atoms with Gasteiger partial charge in [-0.2, -0.15) is 0 Å². The van der Waals surface area contributed by atoms with Crippen molar-refractivity contribution in [3.63, 3.8) is 0 Å². The lowest BCUT2D eigenvalue weighted by Gasteiger charge is -2.10. The Balaban J connectivity index is 2.23. The quantitative estimate of drug-likeness (QED) is 0.878. The Kier molecular flexibility index (Phi) is 4.92. The highest BCUT2D eigenvalue weighted by atomic mass is 79.9. The number of ether oxygens (including phenoxy) is 1. The van der Waals surface area contributed by atoms with E-state index in [2.05, 4.69) is 31.4 Å². The number of anilines is 1. The molecule has 6 heteroatoms. The van der Waals surface area contributed by atoms with E-state index in [-0.39, 0.29) is 6.04 Å². The van der Waals surface area contributed by atoms with Gasteiger partial charge in [-0.1, -0.05) is 15.9 Å². The number of nitrogens with two attached hydrogens (primary N) is 1. The number of nitrogens with zero attached hydrogens (tertiary/aromatic N) is 2. The zero-order valence-corrected chi connectivity index (χ0v) is 13.0. The van der Waals surface area contributed by atoms with E-state index in [0.717, 1.165) is 21.5 Å².